The third-order valence-corrected chi connectivity index (χ3v) is 4.80. The molecule has 1 fully saturated rings. The summed E-state index contributed by atoms with van der Waals surface area (Å²) in [5.41, 5.74) is 10.7. The van der Waals surface area contributed by atoms with Gasteiger partial charge in [-0.15, -0.1) is 0 Å². The van der Waals surface area contributed by atoms with E-state index in [2.05, 4.69) is 62.9 Å². The van der Waals surface area contributed by atoms with Crippen molar-refractivity contribution in [3.05, 3.63) is 59.8 Å². The number of benzene rings is 2. The number of aromatic amines is 1. The lowest BCUT2D eigenvalue weighted by atomic mass is 10.00. The molecule has 1 aliphatic rings. The van der Waals surface area contributed by atoms with E-state index >= 15 is 0 Å². The van der Waals surface area contributed by atoms with Gasteiger partial charge >= 0.3 is 0 Å². The van der Waals surface area contributed by atoms with Crippen molar-refractivity contribution in [1.82, 2.24) is 15.5 Å². The van der Waals surface area contributed by atoms with E-state index in [0.29, 0.717) is 12.6 Å². The summed E-state index contributed by atoms with van der Waals surface area (Å²) < 4.78 is 0. The number of aromatic nitrogens is 2. The van der Waals surface area contributed by atoms with Crippen LogP contribution < -0.4 is 16.0 Å². The van der Waals surface area contributed by atoms with Crippen LogP contribution in [-0.4, -0.2) is 35.9 Å². The first kappa shape index (κ1) is 15.2. The molecule has 0 spiro atoms. The first-order valence-corrected chi connectivity index (χ1v) is 8.52. The monoisotopic (exact) mass is 321 g/mol. The van der Waals surface area contributed by atoms with Gasteiger partial charge in [0.2, 0.25) is 0 Å². The van der Waals surface area contributed by atoms with Crippen LogP contribution in [0.1, 0.15) is 11.1 Å². The van der Waals surface area contributed by atoms with Gasteiger partial charge in [-0.2, -0.15) is 5.10 Å². The summed E-state index contributed by atoms with van der Waals surface area (Å²) in [7, 11) is 0. The average molecular weight is 321 g/mol. The predicted molar refractivity (Wildman–Crippen MR) is 98.1 cm³/mol. The number of nitrogens with two attached hydrogens (primary N) is 1. The van der Waals surface area contributed by atoms with E-state index in [9.17, 15) is 0 Å². The number of fused-ring (bicyclic) bond motifs is 1. The molecule has 0 amide bonds. The highest BCUT2D eigenvalue weighted by molar-refractivity contribution is 5.82. The maximum Gasteiger partial charge on any atom is 0.0651 e. The molecule has 124 valence electrons. The van der Waals surface area contributed by atoms with E-state index in [1.54, 1.807) is 0 Å². The van der Waals surface area contributed by atoms with Gasteiger partial charge in [0.1, 0.15) is 0 Å². The van der Waals surface area contributed by atoms with Gasteiger partial charge in [0, 0.05) is 43.3 Å². The molecule has 1 atom stereocenters. The molecule has 5 heteroatoms. The van der Waals surface area contributed by atoms with Gasteiger partial charge in [-0.3, -0.25) is 5.10 Å². The number of piperazine rings is 1. The molecular formula is C19H23N5. The predicted octanol–water partition coefficient (Wildman–Crippen LogP) is 2.04. The Labute approximate surface area is 141 Å². The van der Waals surface area contributed by atoms with Gasteiger partial charge in [-0.05, 0) is 35.7 Å². The van der Waals surface area contributed by atoms with Crippen LogP contribution in [0.2, 0.25) is 0 Å². The number of hydrogen-bond donors (Lipinski definition) is 3. The van der Waals surface area contributed by atoms with E-state index in [1.165, 1.54) is 16.8 Å². The van der Waals surface area contributed by atoms with Crippen LogP contribution in [0, 0.1) is 0 Å². The molecule has 24 heavy (non-hydrogen) atoms. The number of anilines is 1. The molecule has 0 radical (unpaired) electrons. The SMILES string of the molecule is NCc1cccc(CC2CNCCN2c2ccc3[nH]ncc3c2)c1. The normalized spacial score (nSPS) is 18.2. The molecule has 4 rings (SSSR count). The number of H-pyrrole nitrogens is 1. The fraction of sp³-hybridized carbons (Fsp3) is 0.316. The zero-order valence-electron chi connectivity index (χ0n) is 13.7. The zero-order valence-corrected chi connectivity index (χ0v) is 13.7. The van der Waals surface area contributed by atoms with E-state index in [1.807, 2.05) is 6.20 Å². The lowest BCUT2D eigenvalue weighted by Crippen LogP contribution is -2.52. The Morgan fingerprint density at radius 2 is 2.08 bits per heavy atom. The Kier molecular flexibility index (Phi) is 4.19. The van der Waals surface area contributed by atoms with Gasteiger partial charge < -0.3 is 16.0 Å². The molecule has 1 aliphatic heterocycles. The number of nitrogens with zero attached hydrogens (tertiary/aromatic N) is 2. The highest BCUT2D eigenvalue weighted by Gasteiger charge is 2.23. The quantitative estimate of drug-likeness (QED) is 0.688. The first-order valence-electron chi connectivity index (χ1n) is 8.52. The van der Waals surface area contributed by atoms with Crippen molar-refractivity contribution in [2.45, 2.75) is 19.0 Å². The van der Waals surface area contributed by atoms with Crippen molar-refractivity contribution in [3.8, 4) is 0 Å². The van der Waals surface area contributed by atoms with Gasteiger partial charge in [0.15, 0.2) is 0 Å². The van der Waals surface area contributed by atoms with Crippen molar-refractivity contribution >= 4 is 16.6 Å². The summed E-state index contributed by atoms with van der Waals surface area (Å²) in [6.45, 7) is 3.63. The Balaban J connectivity index is 1.60. The molecule has 1 aromatic heterocycles. The van der Waals surface area contributed by atoms with Crippen LogP contribution in [0.4, 0.5) is 5.69 Å². The maximum absolute atomic E-state index is 5.78. The third kappa shape index (κ3) is 3.00. The van der Waals surface area contributed by atoms with E-state index in [-0.39, 0.29) is 0 Å². The minimum Gasteiger partial charge on any atom is -0.366 e. The molecule has 1 unspecified atom stereocenters. The second-order valence-electron chi connectivity index (χ2n) is 6.42. The minimum absolute atomic E-state index is 0.441. The lowest BCUT2D eigenvalue weighted by molar-refractivity contribution is 0.473. The van der Waals surface area contributed by atoms with E-state index < -0.39 is 0 Å². The summed E-state index contributed by atoms with van der Waals surface area (Å²) in [6, 6.07) is 15.6. The molecule has 4 N–H and O–H groups in total. The average Bonchev–Trinajstić information content (AvgIpc) is 3.10. The maximum atomic E-state index is 5.78. The van der Waals surface area contributed by atoms with Crippen LogP contribution >= 0.6 is 0 Å². The first-order chi connectivity index (χ1) is 11.8. The summed E-state index contributed by atoms with van der Waals surface area (Å²) in [5, 5.41) is 11.8. The Morgan fingerprint density at radius 3 is 3.00 bits per heavy atom. The summed E-state index contributed by atoms with van der Waals surface area (Å²) in [4.78, 5) is 2.51. The number of hydrogen-bond acceptors (Lipinski definition) is 4. The second-order valence-corrected chi connectivity index (χ2v) is 6.42. The summed E-state index contributed by atoms with van der Waals surface area (Å²) in [5.74, 6) is 0. The molecule has 2 aromatic carbocycles. The Bertz CT molecular complexity index is 825. The van der Waals surface area contributed by atoms with Crippen molar-refractivity contribution in [2.24, 2.45) is 5.73 Å². The van der Waals surface area contributed by atoms with Crippen LogP contribution in [0.15, 0.2) is 48.7 Å². The fourth-order valence-electron chi connectivity index (χ4n) is 3.55. The smallest absolute Gasteiger partial charge is 0.0651 e. The van der Waals surface area contributed by atoms with Crippen LogP contribution in [0.25, 0.3) is 10.9 Å². The number of nitrogens with one attached hydrogen (secondary N) is 2. The Hall–Kier alpha value is -2.37. The molecule has 2 heterocycles. The van der Waals surface area contributed by atoms with Crippen molar-refractivity contribution in [3.63, 3.8) is 0 Å². The molecule has 1 saturated heterocycles. The molecule has 0 saturated carbocycles. The van der Waals surface area contributed by atoms with Crippen LogP contribution in [-0.2, 0) is 13.0 Å². The second kappa shape index (κ2) is 6.63. The molecule has 3 aromatic rings. The summed E-state index contributed by atoms with van der Waals surface area (Å²) in [6.07, 6.45) is 2.91. The van der Waals surface area contributed by atoms with Crippen molar-refractivity contribution in [1.29, 1.82) is 0 Å². The highest BCUT2D eigenvalue weighted by atomic mass is 15.2. The number of rotatable bonds is 4. The minimum atomic E-state index is 0.441. The fourth-order valence-corrected chi connectivity index (χ4v) is 3.55. The summed E-state index contributed by atoms with van der Waals surface area (Å²) >= 11 is 0. The molecule has 5 nitrogen and oxygen atoms in total. The largest absolute Gasteiger partial charge is 0.366 e. The van der Waals surface area contributed by atoms with Gasteiger partial charge in [-0.25, -0.2) is 0 Å². The van der Waals surface area contributed by atoms with Gasteiger partial charge in [-0.1, -0.05) is 24.3 Å². The molecule has 0 bridgehead atoms. The third-order valence-electron chi connectivity index (χ3n) is 4.80. The molecular weight excluding hydrogens is 298 g/mol. The van der Waals surface area contributed by atoms with E-state index in [0.717, 1.165) is 37.0 Å². The van der Waals surface area contributed by atoms with Gasteiger partial charge in [0.05, 0.1) is 11.7 Å². The highest BCUT2D eigenvalue weighted by Crippen LogP contribution is 2.24. The van der Waals surface area contributed by atoms with Crippen LogP contribution in [0.5, 0.6) is 0 Å². The zero-order chi connectivity index (χ0) is 16.4. The van der Waals surface area contributed by atoms with Crippen molar-refractivity contribution in [2.75, 3.05) is 24.5 Å². The van der Waals surface area contributed by atoms with Crippen LogP contribution in [0.3, 0.4) is 0 Å². The molecule has 0 aliphatic carbocycles. The Morgan fingerprint density at radius 1 is 1.17 bits per heavy atom. The van der Waals surface area contributed by atoms with E-state index in [4.69, 9.17) is 5.73 Å². The van der Waals surface area contributed by atoms with Crippen molar-refractivity contribution < 1.29 is 0 Å². The topological polar surface area (TPSA) is 70.0 Å². The van der Waals surface area contributed by atoms with Gasteiger partial charge in [0.25, 0.3) is 0 Å². The standard InChI is InChI=1S/C19H23N5/c20-11-15-3-1-2-14(8-15)9-18-13-21-6-7-24(18)17-4-5-19-16(10-17)12-22-23-19/h1-5,8,10,12,18,21H,6-7,9,11,13,20H2,(H,22,23). The lowest BCUT2D eigenvalue weighted by Gasteiger charge is -2.38.